The van der Waals surface area contributed by atoms with Gasteiger partial charge in [-0.25, -0.2) is 5.14 Å². The second kappa shape index (κ2) is 6.61. The number of hydrogen-bond acceptors (Lipinski definition) is 3. The minimum atomic E-state index is -3.90. The average Bonchev–Trinajstić information content (AvgIpc) is 3.42. The number of anilines is 1. The van der Waals surface area contributed by atoms with Crippen molar-refractivity contribution >= 4 is 32.6 Å². The van der Waals surface area contributed by atoms with Crippen LogP contribution in [0.25, 0.3) is 10.8 Å². The Bertz CT molecular complexity index is 1180. The number of benzene rings is 3. The van der Waals surface area contributed by atoms with Gasteiger partial charge in [0.25, 0.3) is 16.1 Å². The molecule has 1 fully saturated rings. The van der Waals surface area contributed by atoms with Crippen molar-refractivity contribution in [1.29, 1.82) is 0 Å². The number of carbonyl (C=O) groups is 1. The number of aryl methyl sites for hydroxylation is 1. The minimum Gasteiger partial charge on any atom is -0.342 e. The van der Waals surface area contributed by atoms with Crippen molar-refractivity contribution in [3.8, 4) is 0 Å². The van der Waals surface area contributed by atoms with Crippen molar-refractivity contribution in [3.05, 3.63) is 77.4 Å². The van der Waals surface area contributed by atoms with E-state index in [0.29, 0.717) is 5.56 Å². The van der Waals surface area contributed by atoms with Gasteiger partial charge in [0.1, 0.15) is 0 Å². The number of nitrogens with one attached hydrogen (secondary N) is 2. The Kier molecular flexibility index (Phi) is 4.36. The van der Waals surface area contributed by atoms with Gasteiger partial charge in [0.15, 0.2) is 0 Å². The quantitative estimate of drug-likeness (QED) is 0.618. The number of fused-ring (bicyclic) bond motifs is 1. The molecule has 144 valence electrons. The van der Waals surface area contributed by atoms with E-state index in [1.165, 1.54) is 6.07 Å². The Labute approximate surface area is 163 Å². The molecule has 28 heavy (non-hydrogen) atoms. The summed E-state index contributed by atoms with van der Waals surface area (Å²) in [6.45, 7) is 1.81. The van der Waals surface area contributed by atoms with Crippen molar-refractivity contribution in [2.75, 3.05) is 4.72 Å². The van der Waals surface area contributed by atoms with E-state index in [1.54, 1.807) is 12.1 Å². The molecule has 6 nitrogen and oxygen atoms in total. The molecule has 4 N–H and O–H groups in total. The fraction of sp³-hybridized carbons (Fsp3) is 0.190. The molecule has 0 atom stereocenters. The molecule has 0 bridgehead atoms. The first-order chi connectivity index (χ1) is 13.3. The normalized spacial score (nSPS) is 15.2. The summed E-state index contributed by atoms with van der Waals surface area (Å²) in [5.74, 6) is -0.235. The third kappa shape index (κ3) is 3.58. The van der Waals surface area contributed by atoms with Gasteiger partial charge in [0, 0.05) is 5.56 Å². The molecule has 0 aliphatic heterocycles. The van der Waals surface area contributed by atoms with E-state index in [2.05, 4.69) is 34.3 Å². The molecule has 0 unspecified atom stereocenters. The molecular weight excluding hydrogens is 374 g/mol. The maximum absolute atomic E-state index is 13.0. The molecule has 7 heteroatoms. The summed E-state index contributed by atoms with van der Waals surface area (Å²) >= 11 is 0. The first-order valence-electron chi connectivity index (χ1n) is 8.99. The molecule has 0 radical (unpaired) electrons. The Morgan fingerprint density at radius 2 is 1.75 bits per heavy atom. The highest BCUT2D eigenvalue weighted by atomic mass is 32.2. The van der Waals surface area contributed by atoms with E-state index in [0.717, 1.165) is 34.7 Å². The van der Waals surface area contributed by atoms with Crippen LogP contribution in [-0.4, -0.2) is 14.3 Å². The summed E-state index contributed by atoms with van der Waals surface area (Å²) in [6.07, 6.45) is 1.72. The lowest BCUT2D eigenvalue weighted by Crippen LogP contribution is -2.35. The SMILES string of the molecule is Cc1ccc(NS(N)(=O)=O)cc1C(=O)NC1(c2cccc3ccccc23)CC1. The number of nitrogens with two attached hydrogens (primary N) is 1. The number of hydrogen-bond donors (Lipinski definition) is 3. The third-order valence-electron chi connectivity index (χ3n) is 5.15. The van der Waals surface area contributed by atoms with Gasteiger partial charge in [-0.05, 0) is 53.8 Å². The monoisotopic (exact) mass is 395 g/mol. The molecule has 4 rings (SSSR count). The average molecular weight is 395 g/mol. The lowest BCUT2D eigenvalue weighted by molar-refractivity contribution is 0.0930. The molecule has 0 saturated heterocycles. The summed E-state index contributed by atoms with van der Waals surface area (Å²) in [5.41, 5.74) is 2.14. The van der Waals surface area contributed by atoms with Crippen LogP contribution in [0, 0.1) is 6.92 Å². The topological polar surface area (TPSA) is 101 Å². The summed E-state index contributed by atoms with van der Waals surface area (Å²) in [5, 5.41) is 10.5. The van der Waals surface area contributed by atoms with E-state index >= 15 is 0 Å². The van der Waals surface area contributed by atoms with Crippen LogP contribution in [0.4, 0.5) is 5.69 Å². The predicted octanol–water partition coefficient (Wildman–Crippen LogP) is 3.18. The van der Waals surface area contributed by atoms with Crippen LogP contribution in [0.3, 0.4) is 0 Å². The first-order valence-corrected chi connectivity index (χ1v) is 10.5. The first kappa shape index (κ1) is 18.5. The second-order valence-electron chi connectivity index (χ2n) is 7.24. The summed E-state index contributed by atoms with van der Waals surface area (Å²) in [6, 6.07) is 19.0. The Hall–Kier alpha value is -2.90. The lowest BCUT2D eigenvalue weighted by atomic mass is 9.96. The van der Waals surface area contributed by atoms with Gasteiger partial charge in [-0.15, -0.1) is 0 Å². The molecule has 0 spiro atoms. The standard InChI is InChI=1S/C21H21N3O3S/c1-14-9-10-16(24-28(22,26)27)13-18(14)20(25)23-21(11-12-21)19-8-4-6-15-5-2-3-7-17(15)19/h2-10,13,24H,11-12H2,1H3,(H,23,25)(H2,22,26,27). The Balaban J connectivity index is 1.66. The Morgan fingerprint density at radius 1 is 1.04 bits per heavy atom. The van der Waals surface area contributed by atoms with E-state index in [4.69, 9.17) is 5.14 Å². The van der Waals surface area contributed by atoms with Gasteiger partial charge >= 0.3 is 0 Å². The van der Waals surface area contributed by atoms with Crippen LogP contribution in [-0.2, 0) is 15.7 Å². The van der Waals surface area contributed by atoms with Gasteiger partial charge < -0.3 is 5.32 Å². The molecular formula is C21H21N3O3S. The summed E-state index contributed by atoms with van der Waals surface area (Å²) < 4.78 is 24.8. The molecule has 3 aromatic carbocycles. The summed E-state index contributed by atoms with van der Waals surface area (Å²) in [4.78, 5) is 13.0. The molecule has 1 amide bonds. The fourth-order valence-corrected chi connectivity index (χ4v) is 4.06. The van der Waals surface area contributed by atoms with Crippen molar-refractivity contribution in [2.45, 2.75) is 25.3 Å². The highest BCUT2D eigenvalue weighted by Crippen LogP contribution is 2.48. The van der Waals surface area contributed by atoms with Gasteiger partial charge in [0.2, 0.25) is 0 Å². The highest BCUT2D eigenvalue weighted by molar-refractivity contribution is 7.90. The van der Waals surface area contributed by atoms with Crippen LogP contribution in [0.5, 0.6) is 0 Å². The van der Waals surface area contributed by atoms with Crippen LogP contribution < -0.4 is 15.2 Å². The van der Waals surface area contributed by atoms with Crippen LogP contribution >= 0.6 is 0 Å². The third-order valence-corrected chi connectivity index (χ3v) is 5.67. The molecule has 3 aromatic rings. The van der Waals surface area contributed by atoms with Crippen molar-refractivity contribution in [2.24, 2.45) is 5.14 Å². The van der Waals surface area contributed by atoms with Crippen LogP contribution in [0.2, 0.25) is 0 Å². The van der Waals surface area contributed by atoms with Crippen molar-refractivity contribution in [1.82, 2.24) is 5.32 Å². The predicted molar refractivity (Wildman–Crippen MR) is 110 cm³/mol. The van der Waals surface area contributed by atoms with E-state index in [1.807, 2.05) is 25.1 Å². The van der Waals surface area contributed by atoms with E-state index < -0.39 is 15.7 Å². The molecule has 0 heterocycles. The smallest absolute Gasteiger partial charge is 0.296 e. The maximum atomic E-state index is 13.0. The zero-order valence-electron chi connectivity index (χ0n) is 15.4. The second-order valence-corrected chi connectivity index (χ2v) is 8.53. The van der Waals surface area contributed by atoms with Gasteiger partial charge in [-0.3, -0.25) is 9.52 Å². The van der Waals surface area contributed by atoms with E-state index in [-0.39, 0.29) is 11.6 Å². The molecule has 1 aliphatic rings. The van der Waals surface area contributed by atoms with E-state index in [9.17, 15) is 13.2 Å². The highest BCUT2D eigenvalue weighted by Gasteiger charge is 2.46. The molecule has 0 aromatic heterocycles. The zero-order chi connectivity index (χ0) is 19.9. The summed E-state index contributed by atoms with van der Waals surface area (Å²) in [7, 11) is -3.90. The molecule has 1 aliphatic carbocycles. The minimum absolute atomic E-state index is 0.235. The Morgan fingerprint density at radius 3 is 2.46 bits per heavy atom. The maximum Gasteiger partial charge on any atom is 0.296 e. The zero-order valence-corrected chi connectivity index (χ0v) is 16.2. The van der Waals surface area contributed by atoms with Gasteiger partial charge in [-0.2, -0.15) is 8.42 Å². The van der Waals surface area contributed by atoms with Crippen molar-refractivity contribution in [3.63, 3.8) is 0 Å². The lowest BCUT2D eigenvalue weighted by Gasteiger charge is -2.21. The van der Waals surface area contributed by atoms with Gasteiger partial charge in [0.05, 0.1) is 11.2 Å². The fourth-order valence-electron chi connectivity index (χ4n) is 3.61. The van der Waals surface area contributed by atoms with Crippen LogP contribution in [0.1, 0.15) is 34.3 Å². The van der Waals surface area contributed by atoms with Gasteiger partial charge in [-0.1, -0.05) is 48.5 Å². The molecule has 1 saturated carbocycles. The van der Waals surface area contributed by atoms with Crippen LogP contribution in [0.15, 0.2) is 60.7 Å². The number of amides is 1. The number of rotatable bonds is 5. The largest absolute Gasteiger partial charge is 0.342 e. The number of carbonyl (C=O) groups excluding carboxylic acids is 1. The van der Waals surface area contributed by atoms with Crippen molar-refractivity contribution < 1.29 is 13.2 Å².